The van der Waals surface area contributed by atoms with E-state index in [0.29, 0.717) is 17.1 Å². The SMILES string of the molecule is Cn1ncc(C(O)c2ccnn2-c2ccccc2)c1N. The van der Waals surface area contributed by atoms with Crippen molar-refractivity contribution in [3.8, 4) is 5.69 Å². The van der Waals surface area contributed by atoms with Crippen molar-refractivity contribution in [2.45, 2.75) is 6.10 Å². The van der Waals surface area contributed by atoms with Gasteiger partial charge in [-0.3, -0.25) is 4.68 Å². The Morgan fingerprint density at radius 3 is 2.55 bits per heavy atom. The van der Waals surface area contributed by atoms with E-state index in [2.05, 4.69) is 10.2 Å². The summed E-state index contributed by atoms with van der Waals surface area (Å²) in [5, 5.41) is 18.8. The van der Waals surface area contributed by atoms with Crippen LogP contribution in [0.4, 0.5) is 5.82 Å². The Bertz CT molecular complexity index is 716. The number of nitrogen functional groups attached to an aromatic ring is 1. The number of hydrogen-bond donors (Lipinski definition) is 2. The summed E-state index contributed by atoms with van der Waals surface area (Å²) in [6, 6.07) is 11.4. The highest BCUT2D eigenvalue weighted by Gasteiger charge is 2.20. The van der Waals surface area contributed by atoms with Crippen LogP contribution in [0.25, 0.3) is 5.69 Å². The maximum atomic E-state index is 10.5. The van der Waals surface area contributed by atoms with Crippen LogP contribution in [0, 0.1) is 0 Å². The number of hydrogen-bond acceptors (Lipinski definition) is 4. The first kappa shape index (κ1) is 12.4. The van der Waals surface area contributed by atoms with E-state index < -0.39 is 6.10 Å². The van der Waals surface area contributed by atoms with Crippen LogP contribution in [0.5, 0.6) is 0 Å². The minimum absolute atomic E-state index is 0.443. The molecule has 0 fully saturated rings. The Kier molecular flexibility index (Phi) is 3.00. The van der Waals surface area contributed by atoms with Gasteiger partial charge >= 0.3 is 0 Å². The first-order valence-electron chi connectivity index (χ1n) is 6.23. The van der Waals surface area contributed by atoms with Gasteiger partial charge in [-0.2, -0.15) is 10.2 Å². The number of nitrogens with two attached hydrogens (primary N) is 1. The largest absolute Gasteiger partial charge is 0.384 e. The molecule has 0 aliphatic rings. The number of rotatable bonds is 3. The topological polar surface area (TPSA) is 81.9 Å². The summed E-state index contributed by atoms with van der Waals surface area (Å²) in [7, 11) is 1.74. The van der Waals surface area contributed by atoms with Crippen molar-refractivity contribution in [3.05, 3.63) is 60.0 Å². The van der Waals surface area contributed by atoms with Crippen LogP contribution < -0.4 is 5.73 Å². The fraction of sp³-hybridized carbons (Fsp3) is 0.143. The van der Waals surface area contributed by atoms with Gasteiger partial charge in [0.1, 0.15) is 11.9 Å². The molecule has 6 nitrogen and oxygen atoms in total. The number of anilines is 1. The van der Waals surface area contributed by atoms with E-state index >= 15 is 0 Å². The van der Waals surface area contributed by atoms with Crippen molar-refractivity contribution in [2.24, 2.45) is 7.05 Å². The third-order valence-electron chi connectivity index (χ3n) is 3.26. The van der Waals surface area contributed by atoms with Crippen molar-refractivity contribution >= 4 is 5.82 Å². The number of aliphatic hydroxyl groups is 1. The first-order valence-corrected chi connectivity index (χ1v) is 6.23. The number of aryl methyl sites for hydroxylation is 1. The second kappa shape index (κ2) is 4.82. The smallest absolute Gasteiger partial charge is 0.127 e. The summed E-state index contributed by atoms with van der Waals surface area (Å²) in [6.45, 7) is 0. The van der Waals surface area contributed by atoms with Crippen LogP contribution in [0.2, 0.25) is 0 Å². The van der Waals surface area contributed by atoms with Crippen molar-refractivity contribution < 1.29 is 5.11 Å². The van der Waals surface area contributed by atoms with E-state index in [1.54, 1.807) is 30.2 Å². The monoisotopic (exact) mass is 269 g/mol. The van der Waals surface area contributed by atoms with Crippen LogP contribution in [0.3, 0.4) is 0 Å². The molecule has 0 spiro atoms. The highest BCUT2D eigenvalue weighted by atomic mass is 16.3. The lowest BCUT2D eigenvalue weighted by Crippen LogP contribution is -2.10. The third kappa shape index (κ3) is 1.96. The average Bonchev–Trinajstić information content (AvgIpc) is 3.08. The summed E-state index contributed by atoms with van der Waals surface area (Å²) >= 11 is 0. The predicted molar refractivity (Wildman–Crippen MR) is 75.2 cm³/mol. The minimum Gasteiger partial charge on any atom is -0.384 e. The average molecular weight is 269 g/mol. The molecule has 2 heterocycles. The molecule has 20 heavy (non-hydrogen) atoms. The lowest BCUT2D eigenvalue weighted by Gasteiger charge is -2.13. The molecule has 0 aliphatic heterocycles. The van der Waals surface area contributed by atoms with Crippen molar-refractivity contribution in [1.82, 2.24) is 19.6 Å². The molecule has 0 saturated carbocycles. The Morgan fingerprint density at radius 1 is 1.15 bits per heavy atom. The molecule has 0 saturated heterocycles. The van der Waals surface area contributed by atoms with Gasteiger partial charge in [-0.05, 0) is 18.2 Å². The van der Waals surface area contributed by atoms with Gasteiger partial charge in [0.15, 0.2) is 0 Å². The molecular weight excluding hydrogens is 254 g/mol. The van der Waals surface area contributed by atoms with E-state index in [9.17, 15) is 5.11 Å². The van der Waals surface area contributed by atoms with Crippen molar-refractivity contribution in [1.29, 1.82) is 0 Å². The Labute approximate surface area is 116 Å². The summed E-state index contributed by atoms with van der Waals surface area (Å²) in [4.78, 5) is 0. The van der Waals surface area contributed by atoms with Crippen molar-refractivity contribution in [2.75, 3.05) is 5.73 Å². The summed E-state index contributed by atoms with van der Waals surface area (Å²) in [5.74, 6) is 0.443. The zero-order chi connectivity index (χ0) is 14.1. The van der Waals surface area contributed by atoms with Gasteiger partial charge in [-0.15, -0.1) is 0 Å². The van der Waals surface area contributed by atoms with Gasteiger partial charge in [0.05, 0.1) is 17.6 Å². The Balaban J connectivity index is 2.04. The molecular formula is C14H15N5O. The van der Waals surface area contributed by atoms with Gasteiger partial charge in [0, 0.05) is 18.8 Å². The van der Waals surface area contributed by atoms with E-state index in [0.717, 1.165) is 5.69 Å². The number of para-hydroxylation sites is 1. The van der Waals surface area contributed by atoms with E-state index in [1.165, 1.54) is 4.68 Å². The molecule has 1 aromatic carbocycles. The van der Waals surface area contributed by atoms with Crippen LogP contribution >= 0.6 is 0 Å². The quantitative estimate of drug-likeness (QED) is 0.750. The van der Waals surface area contributed by atoms with E-state index in [1.807, 2.05) is 30.3 Å². The number of aromatic nitrogens is 4. The van der Waals surface area contributed by atoms with Gasteiger partial charge in [-0.25, -0.2) is 4.68 Å². The molecule has 102 valence electrons. The minimum atomic E-state index is -0.869. The molecule has 2 aromatic heterocycles. The Morgan fingerprint density at radius 2 is 1.90 bits per heavy atom. The molecule has 1 atom stereocenters. The fourth-order valence-corrected chi connectivity index (χ4v) is 2.14. The summed E-state index contributed by atoms with van der Waals surface area (Å²) < 4.78 is 3.22. The van der Waals surface area contributed by atoms with Crippen LogP contribution in [0.15, 0.2) is 48.8 Å². The van der Waals surface area contributed by atoms with Gasteiger partial charge in [-0.1, -0.05) is 18.2 Å². The maximum absolute atomic E-state index is 10.5. The van der Waals surface area contributed by atoms with Crippen LogP contribution in [-0.4, -0.2) is 24.7 Å². The molecule has 0 amide bonds. The number of nitrogens with zero attached hydrogens (tertiary/aromatic N) is 4. The second-order valence-corrected chi connectivity index (χ2v) is 4.51. The first-order chi connectivity index (χ1) is 9.68. The normalized spacial score (nSPS) is 12.5. The maximum Gasteiger partial charge on any atom is 0.127 e. The van der Waals surface area contributed by atoms with Gasteiger partial charge in [0.2, 0.25) is 0 Å². The zero-order valence-electron chi connectivity index (χ0n) is 11.0. The predicted octanol–water partition coefficient (Wildman–Crippen LogP) is 1.27. The lowest BCUT2D eigenvalue weighted by atomic mass is 10.1. The zero-order valence-corrected chi connectivity index (χ0v) is 11.0. The van der Waals surface area contributed by atoms with Crippen molar-refractivity contribution in [3.63, 3.8) is 0 Å². The molecule has 1 unspecified atom stereocenters. The van der Waals surface area contributed by atoms with E-state index in [-0.39, 0.29) is 0 Å². The molecule has 3 aromatic rings. The molecule has 0 bridgehead atoms. The summed E-state index contributed by atoms with van der Waals surface area (Å²) in [5.41, 5.74) is 8.02. The third-order valence-corrected chi connectivity index (χ3v) is 3.26. The highest BCUT2D eigenvalue weighted by Crippen LogP contribution is 2.27. The molecule has 6 heteroatoms. The molecule has 0 aliphatic carbocycles. The lowest BCUT2D eigenvalue weighted by molar-refractivity contribution is 0.212. The van der Waals surface area contributed by atoms with Crippen LogP contribution in [-0.2, 0) is 7.05 Å². The van der Waals surface area contributed by atoms with Crippen LogP contribution in [0.1, 0.15) is 17.4 Å². The number of aliphatic hydroxyl groups excluding tert-OH is 1. The van der Waals surface area contributed by atoms with Gasteiger partial charge in [0.25, 0.3) is 0 Å². The molecule has 0 radical (unpaired) electrons. The van der Waals surface area contributed by atoms with Gasteiger partial charge < -0.3 is 10.8 Å². The van der Waals surface area contributed by atoms with E-state index in [4.69, 9.17) is 5.73 Å². The Hall–Kier alpha value is -2.60. The summed E-state index contributed by atoms with van der Waals surface area (Å²) in [6.07, 6.45) is 2.35. The molecule has 3 rings (SSSR count). The second-order valence-electron chi connectivity index (χ2n) is 4.51. The standard InChI is InChI=1S/C14H15N5O/c1-18-14(15)11(9-17-18)13(20)12-7-8-16-19(12)10-5-3-2-4-6-10/h2-9,13,20H,15H2,1H3. The molecule has 3 N–H and O–H groups in total. The highest BCUT2D eigenvalue weighted by molar-refractivity contribution is 5.44. The fourth-order valence-electron chi connectivity index (χ4n) is 2.14. The number of benzene rings is 1.